The van der Waals surface area contributed by atoms with E-state index in [0.29, 0.717) is 13.0 Å². The highest BCUT2D eigenvalue weighted by Crippen LogP contribution is 2.27. The Hall–Kier alpha value is -0.890. The molecule has 1 saturated heterocycles. The van der Waals surface area contributed by atoms with Crippen molar-refractivity contribution in [2.75, 3.05) is 18.9 Å². The molecule has 1 unspecified atom stereocenters. The van der Waals surface area contributed by atoms with E-state index in [0.717, 1.165) is 12.1 Å². The van der Waals surface area contributed by atoms with Crippen LogP contribution >= 0.6 is 11.6 Å². The average Bonchev–Trinajstić information content (AvgIpc) is 2.68. The molecule has 3 N–H and O–H groups in total. The van der Waals surface area contributed by atoms with Gasteiger partial charge in [0.05, 0.1) is 17.8 Å². The summed E-state index contributed by atoms with van der Waals surface area (Å²) < 4.78 is 45.8. The summed E-state index contributed by atoms with van der Waals surface area (Å²) in [5.41, 5.74) is 4.33. The van der Waals surface area contributed by atoms with Gasteiger partial charge in [0.1, 0.15) is 4.90 Å². The van der Waals surface area contributed by atoms with Gasteiger partial charge in [0, 0.05) is 11.6 Å². The maximum atomic E-state index is 13.8. The topological polar surface area (TPSA) is 81.4 Å². The van der Waals surface area contributed by atoms with Crippen LogP contribution in [-0.2, 0) is 14.8 Å². The molecule has 0 radical (unpaired) electrons. The van der Waals surface area contributed by atoms with E-state index in [4.69, 9.17) is 22.1 Å². The molecule has 0 bridgehead atoms. The number of nitrogen functional groups attached to an aromatic ring is 1. The van der Waals surface area contributed by atoms with Gasteiger partial charge < -0.3 is 10.5 Å². The normalized spacial score (nSPS) is 23.7. The van der Waals surface area contributed by atoms with Crippen LogP contribution in [0.5, 0.6) is 0 Å². The van der Waals surface area contributed by atoms with Crippen molar-refractivity contribution in [1.29, 1.82) is 0 Å². The van der Waals surface area contributed by atoms with Crippen molar-refractivity contribution in [3.8, 4) is 0 Å². The van der Waals surface area contributed by atoms with Crippen LogP contribution in [0.25, 0.3) is 0 Å². The lowest BCUT2D eigenvalue weighted by atomic mass is 10.0. The van der Waals surface area contributed by atoms with Crippen molar-refractivity contribution in [3.05, 3.63) is 23.0 Å². The third kappa shape index (κ3) is 3.00. The lowest BCUT2D eigenvalue weighted by molar-refractivity contribution is 0.178. The molecule has 1 aromatic carbocycles. The molecule has 1 aromatic rings. The molecule has 0 spiro atoms. The van der Waals surface area contributed by atoms with Gasteiger partial charge in [-0.05, 0) is 25.5 Å². The first-order chi connectivity index (χ1) is 8.73. The lowest BCUT2D eigenvalue weighted by Gasteiger charge is -2.23. The summed E-state index contributed by atoms with van der Waals surface area (Å²) in [5, 5.41) is 0.0621. The van der Waals surface area contributed by atoms with E-state index in [2.05, 4.69) is 4.72 Å². The van der Waals surface area contributed by atoms with Crippen LogP contribution in [0.15, 0.2) is 17.0 Å². The summed E-state index contributed by atoms with van der Waals surface area (Å²) >= 11 is 5.72. The van der Waals surface area contributed by atoms with E-state index < -0.39 is 26.3 Å². The van der Waals surface area contributed by atoms with E-state index in [-0.39, 0.29) is 17.3 Å². The Balaban J connectivity index is 2.40. The predicted octanol–water partition coefficient (Wildman–Crippen LogP) is 1.52. The highest BCUT2D eigenvalue weighted by Gasteiger charge is 2.36. The number of rotatable bonds is 3. The standard InChI is InChI=1S/C11H14ClFN2O3S/c1-11(2-3-18-6-11)15-19(16,17)9-5-7(12)4-8(14)10(9)13/h4-5,15H,2-3,6,14H2,1H3. The highest BCUT2D eigenvalue weighted by molar-refractivity contribution is 7.89. The SMILES string of the molecule is CC1(NS(=O)(=O)c2cc(Cl)cc(N)c2F)CCOC1. The number of hydrogen-bond donors (Lipinski definition) is 2. The largest absolute Gasteiger partial charge is 0.396 e. The van der Waals surface area contributed by atoms with Crippen LogP contribution in [0, 0.1) is 5.82 Å². The molecule has 8 heteroatoms. The van der Waals surface area contributed by atoms with Gasteiger partial charge in [0.15, 0.2) is 5.82 Å². The minimum Gasteiger partial charge on any atom is -0.396 e. The fraction of sp³-hybridized carbons (Fsp3) is 0.455. The zero-order valence-corrected chi connectivity index (χ0v) is 11.8. The number of hydrogen-bond acceptors (Lipinski definition) is 4. The van der Waals surface area contributed by atoms with E-state index in [1.807, 2.05) is 0 Å². The molecule has 2 rings (SSSR count). The maximum absolute atomic E-state index is 13.8. The van der Waals surface area contributed by atoms with Crippen LogP contribution < -0.4 is 10.5 Å². The molecule has 106 valence electrons. The minimum atomic E-state index is -4.05. The highest BCUT2D eigenvalue weighted by atomic mass is 35.5. The zero-order valence-electron chi connectivity index (χ0n) is 10.2. The smallest absolute Gasteiger partial charge is 0.244 e. The van der Waals surface area contributed by atoms with E-state index in [1.165, 1.54) is 0 Å². The van der Waals surface area contributed by atoms with Crippen molar-refractivity contribution < 1.29 is 17.5 Å². The van der Waals surface area contributed by atoms with Gasteiger partial charge in [-0.15, -0.1) is 0 Å². The minimum absolute atomic E-state index is 0.0621. The van der Waals surface area contributed by atoms with Gasteiger partial charge in [-0.25, -0.2) is 17.5 Å². The van der Waals surface area contributed by atoms with Gasteiger partial charge in [-0.3, -0.25) is 0 Å². The maximum Gasteiger partial charge on any atom is 0.244 e. The Morgan fingerprint density at radius 3 is 2.79 bits per heavy atom. The second kappa shape index (κ2) is 4.90. The second-order valence-corrected chi connectivity index (χ2v) is 6.86. The van der Waals surface area contributed by atoms with Crippen molar-refractivity contribution >= 4 is 27.3 Å². The van der Waals surface area contributed by atoms with Crippen molar-refractivity contribution in [3.63, 3.8) is 0 Å². The summed E-state index contributed by atoms with van der Waals surface area (Å²) in [7, 11) is -4.05. The summed E-state index contributed by atoms with van der Waals surface area (Å²) in [6.45, 7) is 2.40. The molecule has 5 nitrogen and oxygen atoms in total. The molecular weight excluding hydrogens is 295 g/mol. The first-order valence-electron chi connectivity index (χ1n) is 5.60. The molecule has 1 fully saturated rings. The Bertz CT molecular complexity index is 600. The predicted molar refractivity (Wildman–Crippen MR) is 70.0 cm³/mol. The van der Waals surface area contributed by atoms with Crippen LogP contribution in [-0.4, -0.2) is 27.2 Å². The average molecular weight is 309 g/mol. The fourth-order valence-electron chi connectivity index (χ4n) is 1.91. The second-order valence-electron chi connectivity index (χ2n) is 4.78. The Labute approximate surface area is 115 Å². The van der Waals surface area contributed by atoms with Gasteiger partial charge in [0.2, 0.25) is 10.0 Å². The number of anilines is 1. The van der Waals surface area contributed by atoms with E-state index >= 15 is 0 Å². The summed E-state index contributed by atoms with van der Waals surface area (Å²) in [6.07, 6.45) is 0.518. The lowest BCUT2D eigenvalue weighted by Crippen LogP contribution is -2.46. The van der Waals surface area contributed by atoms with Crippen LogP contribution in [0.2, 0.25) is 5.02 Å². The summed E-state index contributed by atoms with van der Waals surface area (Å²) in [4.78, 5) is -0.550. The molecule has 0 aromatic heterocycles. The first-order valence-corrected chi connectivity index (χ1v) is 7.46. The van der Waals surface area contributed by atoms with Gasteiger partial charge in [-0.2, -0.15) is 0 Å². The molecule has 0 amide bonds. The molecule has 1 atom stereocenters. The molecule has 1 aliphatic heterocycles. The Morgan fingerprint density at radius 1 is 1.53 bits per heavy atom. The molecule has 0 aliphatic carbocycles. The third-order valence-electron chi connectivity index (χ3n) is 2.92. The fourth-order valence-corrected chi connectivity index (χ4v) is 3.75. The van der Waals surface area contributed by atoms with Gasteiger partial charge in [-0.1, -0.05) is 11.6 Å². The van der Waals surface area contributed by atoms with Crippen molar-refractivity contribution in [1.82, 2.24) is 4.72 Å². The van der Waals surface area contributed by atoms with Crippen molar-refractivity contribution in [2.24, 2.45) is 0 Å². The third-order valence-corrected chi connectivity index (χ3v) is 4.78. The van der Waals surface area contributed by atoms with E-state index in [1.54, 1.807) is 6.92 Å². The quantitative estimate of drug-likeness (QED) is 0.830. The zero-order chi connectivity index (χ0) is 14.3. The molecule has 1 heterocycles. The van der Waals surface area contributed by atoms with E-state index in [9.17, 15) is 12.8 Å². The molecule has 19 heavy (non-hydrogen) atoms. The molecular formula is C11H14ClFN2O3S. The number of sulfonamides is 1. The van der Waals surface area contributed by atoms with Crippen LogP contribution in [0.1, 0.15) is 13.3 Å². The number of nitrogens with one attached hydrogen (secondary N) is 1. The summed E-state index contributed by atoms with van der Waals surface area (Å²) in [6, 6.07) is 2.20. The Kier molecular flexibility index (Phi) is 3.74. The monoisotopic (exact) mass is 308 g/mol. The number of halogens is 2. The van der Waals surface area contributed by atoms with Crippen molar-refractivity contribution in [2.45, 2.75) is 23.8 Å². The van der Waals surface area contributed by atoms with Gasteiger partial charge in [0.25, 0.3) is 0 Å². The van der Waals surface area contributed by atoms with Gasteiger partial charge >= 0.3 is 0 Å². The number of ether oxygens (including phenoxy) is 1. The van der Waals surface area contributed by atoms with Crippen LogP contribution in [0.4, 0.5) is 10.1 Å². The summed E-state index contributed by atoms with van der Waals surface area (Å²) in [5.74, 6) is -1.00. The molecule has 0 saturated carbocycles. The Morgan fingerprint density at radius 2 is 2.21 bits per heavy atom. The number of benzene rings is 1. The number of nitrogens with two attached hydrogens (primary N) is 1. The van der Waals surface area contributed by atoms with Crippen LogP contribution in [0.3, 0.4) is 0 Å². The first kappa shape index (κ1) is 14.5. The molecule has 1 aliphatic rings.